The lowest BCUT2D eigenvalue weighted by Crippen LogP contribution is -2.22. The standard InChI is InChI=1S/C19H14Cl2N4O2S/c1-10(17(26)23-15-8-4-6-13(20)16(15)21)28-19-25-24-18(27-19)12-9-22-14-7-3-2-5-11(12)14/h2-10,22H,1H3,(H,23,26). The quantitative estimate of drug-likeness (QED) is 0.398. The van der Waals surface area contributed by atoms with Crippen LogP contribution in [-0.2, 0) is 4.79 Å². The minimum Gasteiger partial charge on any atom is -0.411 e. The van der Waals surface area contributed by atoms with Crippen molar-refractivity contribution < 1.29 is 9.21 Å². The van der Waals surface area contributed by atoms with E-state index < -0.39 is 5.25 Å². The van der Waals surface area contributed by atoms with E-state index in [1.54, 1.807) is 25.1 Å². The van der Waals surface area contributed by atoms with Gasteiger partial charge in [0.1, 0.15) is 0 Å². The molecule has 2 heterocycles. The summed E-state index contributed by atoms with van der Waals surface area (Å²) in [6.07, 6.45) is 1.82. The number of carbonyl (C=O) groups excluding carboxylic acids is 1. The maximum absolute atomic E-state index is 12.5. The molecule has 4 aromatic rings. The number of para-hydroxylation sites is 1. The number of nitrogens with zero attached hydrogens (tertiary/aromatic N) is 2. The maximum atomic E-state index is 12.5. The highest BCUT2D eigenvalue weighted by Gasteiger charge is 2.21. The van der Waals surface area contributed by atoms with E-state index in [-0.39, 0.29) is 5.91 Å². The van der Waals surface area contributed by atoms with E-state index in [1.807, 2.05) is 30.5 Å². The lowest BCUT2D eigenvalue weighted by Gasteiger charge is -2.11. The fourth-order valence-electron chi connectivity index (χ4n) is 2.65. The van der Waals surface area contributed by atoms with E-state index in [0.717, 1.165) is 16.5 Å². The molecule has 28 heavy (non-hydrogen) atoms. The zero-order chi connectivity index (χ0) is 19.7. The Bertz CT molecular complexity index is 1160. The predicted molar refractivity (Wildman–Crippen MR) is 112 cm³/mol. The average molecular weight is 433 g/mol. The Labute approximate surface area is 174 Å². The van der Waals surface area contributed by atoms with Crippen LogP contribution in [-0.4, -0.2) is 26.3 Å². The third kappa shape index (κ3) is 3.73. The zero-order valence-electron chi connectivity index (χ0n) is 14.6. The predicted octanol–water partition coefficient (Wildman–Crippen LogP) is 5.64. The maximum Gasteiger partial charge on any atom is 0.277 e. The van der Waals surface area contributed by atoms with Crippen molar-refractivity contribution in [1.82, 2.24) is 15.2 Å². The van der Waals surface area contributed by atoms with Crippen LogP contribution in [0.3, 0.4) is 0 Å². The molecule has 2 aromatic heterocycles. The van der Waals surface area contributed by atoms with E-state index in [1.165, 1.54) is 11.8 Å². The summed E-state index contributed by atoms with van der Waals surface area (Å²) in [7, 11) is 0. The Kier molecular flexibility index (Phi) is 5.30. The molecule has 0 bridgehead atoms. The van der Waals surface area contributed by atoms with Crippen molar-refractivity contribution in [2.24, 2.45) is 0 Å². The van der Waals surface area contributed by atoms with Crippen molar-refractivity contribution >= 4 is 57.5 Å². The molecular formula is C19H14Cl2N4O2S. The summed E-state index contributed by atoms with van der Waals surface area (Å²) < 4.78 is 5.74. The molecule has 0 radical (unpaired) electrons. The number of anilines is 1. The van der Waals surface area contributed by atoms with E-state index in [2.05, 4.69) is 20.5 Å². The normalized spacial score (nSPS) is 12.2. The summed E-state index contributed by atoms with van der Waals surface area (Å²) in [4.78, 5) is 15.6. The van der Waals surface area contributed by atoms with E-state index in [4.69, 9.17) is 27.6 Å². The monoisotopic (exact) mass is 432 g/mol. The second-order valence-corrected chi connectivity index (χ2v) is 8.05. The summed E-state index contributed by atoms with van der Waals surface area (Å²) in [5.41, 5.74) is 2.26. The molecule has 1 amide bonds. The van der Waals surface area contributed by atoms with Gasteiger partial charge >= 0.3 is 0 Å². The van der Waals surface area contributed by atoms with E-state index >= 15 is 0 Å². The van der Waals surface area contributed by atoms with Crippen LogP contribution in [0.5, 0.6) is 0 Å². The van der Waals surface area contributed by atoms with Crippen LogP contribution in [0.1, 0.15) is 6.92 Å². The highest BCUT2D eigenvalue weighted by atomic mass is 35.5. The van der Waals surface area contributed by atoms with Crippen LogP contribution < -0.4 is 5.32 Å². The molecule has 2 N–H and O–H groups in total. The summed E-state index contributed by atoms with van der Waals surface area (Å²) in [5.74, 6) is 0.145. The van der Waals surface area contributed by atoms with Crippen molar-refractivity contribution in [2.45, 2.75) is 17.4 Å². The van der Waals surface area contributed by atoms with Gasteiger partial charge in [0.05, 0.1) is 26.5 Å². The zero-order valence-corrected chi connectivity index (χ0v) is 16.9. The average Bonchev–Trinajstić information content (AvgIpc) is 3.32. The van der Waals surface area contributed by atoms with Crippen molar-refractivity contribution in [3.63, 3.8) is 0 Å². The first kappa shape index (κ1) is 18.9. The lowest BCUT2D eigenvalue weighted by molar-refractivity contribution is -0.115. The van der Waals surface area contributed by atoms with Crippen LogP contribution in [0.15, 0.2) is 58.3 Å². The van der Waals surface area contributed by atoms with Gasteiger partial charge in [-0.15, -0.1) is 10.2 Å². The summed E-state index contributed by atoms with van der Waals surface area (Å²) in [6, 6.07) is 12.9. The Morgan fingerprint density at radius 2 is 2.00 bits per heavy atom. The number of aromatic nitrogens is 3. The molecule has 2 aromatic carbocycles. The van der Waals surface area contributed by atoms with Gasteiger partial charge in [0, 0.05) is 17.1 Å². The fourth-order valence-corrected chi connectivity index (χ4v) is 3.69. The molecule has 6 nitrogen and oxygen atoms in total. The number of fused-ring (bicyclic) bond motifs is 1. The van der Waals surface area contributed by atoms with Gasteiger partial charge in [0.25, 0.3) is 11.1 Å². The first-order valence-electron chi connectivity index (χ1n) is 8.34. The number of rotatable bonds is 5. The highest BCUT2D eigenvalue weighted by Crippen LogP contribution is 2.32. The summed E-state index contributed by atoms with van der Waals surface area (Å²) >= 11 is 13.3. The summed E-state index contributed by atoms with van der Waals surface area (Å²) in [6.45, 7) is 1.74. The number of hydrogen-bond acceptors (Lipinski definition) is 5. The van der Waals surface area contributed by atoms with Crippen LogP contribution in [0.4, 0.5) is 5.69 Å². The minimum absolute atomic E-state index is 0.249. The number of carbonyl (C=O) groups is 1. The highest BCUT2D eigenvalue weighted by molar-refractivity contribution is 8.00. The van der Waals surface area contributed by atoms with Gasteiger partial charge in [-0.25, -0.2) is 0 Å². The number of hydrogen-bond donors (Lipinski definition) is 2. The van der Waals surface area contributed by atoms with E-state index in [9.17, 15) is 4.79 Å². The molecular weight excluding hydrogens is 419 g/mol. The topological polar surface area (TPSA) is 83.8 Å². The lowest BCUT2D eigenvalue weighted by atomic mass is 10.2. The summed E-state index contributed by atoms with van der Waals surface area (Å²) in [5, 5.41) is 12.4. The number of nitrogens with one attached hydrogen (secondary N) is 2. The number of benzene rings is 2. The van der Waals surface area contributed by atoms with Gasteiger partial charge in [-0.05, 0) is 25.1 Å². The number of aromatic amines is 1. The molecule has 0 aliphatic rings. The third-order valence-corrected chi connectivity index (χ3v) is 5.84. The molecule has 0 fully saturated rings. The molecule has 9 heteroatoms. The van der Waals surface area contributed by atoms with Crippen LogP contribution in [0.25, 0.3) is 22.4 Å². The molecule has 1 atom stereocenters. The molecule has 0 saturated heterocycles. The largest absolute Gasteiger partial charge is 0.411 e. The second-order valence-electron chi connectivity index (χ2n) is 5.97. The van der Waals surface area contributed by atoms with Crippen molar-refractivity contribution in [3.8, 4) is 11.5 Å². The van der Waals surface area contributed by atoms with Crippen molar-refractivity contribution in [3.05, 3.63) is 58.7 Å². The molecule has 1 unspecified atom stereocenters. The second kappa shape index (κ2) is 7.87. The first-order chi connectivity index (χ1) is 13.5. The van der Waals surface area contributed by atoms with Gasteiger partial charge in [0.15, 0.2) is 0 Å². The van der Waals surface area contributed by atoms with Crippen LogP contribution in [0.2, 0.25) is 10.0 Å². The number of thioether (sulfide) groups is 1. The van der Waals surface area contributed by atoms with Crippen LogP contribution >= 0.6 is 35.0 Å². The smallest absolute Gasteiger partial charge is 0.277 e. The Morgan fingerprint density at radius 1 is 1.18 bits per heavy atom. The Hall–Kier alpha value is -2.48. The van der Waals surface area contributed by atoms with Gasteiger partial charge in [0.2, 0.25) is 5.91 Å². The SMILES string of the molecule is CC(Sc1nnc(-c2c[nH]c3ccccc23)o1)C(=O)Nc1cccc(Cl)c1Cl. The Balaban J connectivity index is 1.47. The molecule has 0 saturated carbocycles. The van der Waals surface area contributed by atoms with Crippen molar-refractivity contribution in [2.75, 3.05) is 5.32 Å². The molecule has 4 rings (SSSR count). The molecule has 0 spiro atoms. The van der Waals surface area contributed by atoms with Crippen molar-refractivity contribution in [1.29, 1.82) is 0 Å². The minimum atomic E-state index is -0.480. The molecule has 0 aliphatic heterocycles. The Morgan fingerprint density at radius 3 is 2.86 bits per heavy atom. The van der Waals surface area contributed by atoms with Crippen LogP contribution in [0, 0.1) is 0 Å². The van der Waals surface area contributed by atoms with Gasteiger partial charge in [-0.3, -0.25) is 4.79 Å². The first-order valence-corrected chi connectivity index (χ1v) is 9.98. The molecule has 142 valence electrons. The number of halogens is 2. The van der Waals surface area contributed by atoms with E-state index in [0.29, 0.717) is 26.8 Å². The third-order valence-electron chi connectivity index (χ3n) is 4.08. The van der Waals surface area contributed by atoms with Gasteiger partial charge in [-0.2, -0.15) is 0 Å². The van der Waals surface area contributed by atoms with Gasteiger partial charge < -0.3 is 14.7 Å². The number of H-pyrrole nitrogens is 1. The molecule has 0 aliphatic carbocycles. The number of amides is 1. The van der Waals surface area contributed by atoms with Gasteiger partial charge in [-0.1, -0.05) is 59.2 Å². The fraction of sp³-hybridized carbons (Fsp3) is 0.105.